The smallest absolute Gasteiger partial charge is 0.224 e. The van der Waals surface area contributed by atoms with Crippen LogP contribution in [0.2, 0.25) is 0 Å². The third-order valence-corrected chi connectivity index (χ3v) is 4.67. The molecular weight excluding hydrogens is 328 g/mol. The first-order chi connectivity index (χ1) is 11.5. The lowest BCUT2D eigenvalue weighted by atomic mass is 9.93. The van der Waals surface area contributed by atoms with Crippen molar-refractivity contribution in [3.05, 3.63) is 63.6 Å². The number of hydrogen-bond acceptors (Lipinski definition) is 6. The van der Waals surface area contributed by atoms with Gasteiger partial charge in [0.15, 0.2) is 5.60 Å². The van der Waals surface area contributed by atoms with Gasteiger partial charge in [0.25, 0.3) is 0 Å². The van der Waals surface area contributed by atoms with Gasteiger partial charge in [0.2, 0.25) is 5.91 Å². The SMILES string of the molecule is Cc1noc(C)c1CC(=O)NC[C@@](O)(c1ccsc1)c1ccco1. The Labute approximate surface area is 143 Å². The first-order valence-electron chi connectivity index (χ1n) is 7.48. The van der Waals surface area contributed by atoms with E-state index in [2.05, 4.69) is 10.5 Å². The van der Waals surface area contributed by atoms with Crippen LogP contribution in [-0.4, -0.2) is 22.7 Å². The van der Waals surface area contributed by atoms with Gasteiger partial charge in [-0.2, -0.15) is 11.3 Å². The van der Waals surface area contributed by atoms with Gasteiger partial charge in [0.1, 0.15) is 11.5 Å². The molecule has 0 spiro atoms. The maximum atomic E-state index is 12.3. The fraction of sp³-hybridized carbons (Fsp3) is 0.294. The highest BCUT2D eigenvalue weighted by atomic mass is 32.1. The van der Waals surface area contributed by atoms with Gasteiger partial charge in [-0.05, 0) is 42.8 Å². The monoisotopic (exact) mass is 346 g/mol. The van der Waals surface area contributed by atoms with Gasteiger partial charge in [-0.3, -0.25) is 4.79 Å². The number of carbonyl (C=O) groups is 1. The molecule has 6 nitrogen and oxygen atoms in total. The van der Waals surface area contributed by atoms with Gasteiger partial charge >= 0.3 is 0 Å². The summed E-state index contributed by atoms with van der Waals surface area (Å²) >= 11 is 1.47. The third-order valence-electron chi connectivity index (χ3n) is 3.99. The average molecular weight is 346 g/mol. The molecular formula is C17H18N2O4S. The minimum absolute atomic E-state index is 0.0133. The van der Waals surface area contributed by atoms with Gasteiger partial charge in [0.05, 0.1) is 24.9 Å². The van der Waals surface area contributed by atoms with Gasteiger partial charge in [-0.25, -0.2) is 0 Å². The molecule has 1 atom stereocenters. The Balaban J connectivity index is 1.74. The van der Waals surface area contributed by atoms with E-state index < -0.39 is 5.60 Å². The van der Waals surface area contributed by atoms with E-state index in [1.807, 2.05) is 16.8 Å². The maximum Gasteiger partial charge on any atom is 0.224 e. The molecule has 0 saturated carbocycles. The first kappa shape index (κ1) is 16.5. The van der Waals surface area contributed by atoms with Crippen molar-refractivity contribution >= 4 is 17.2 Å². The number of carbonyl (C=O) groups excluding carboxylic acids is 1. The second-order valence-electron chi connectivity index (χ2n) is 5.61. The lowest BCUT2D eigenvalue weighted by Gasteiger charge is -2.25. The summed E-state index contributed by atoms with van der Waals surface area (Å²) in [6.07, 6.45) is 1.65. The van der Waals surface area contributed by atoms with E-state index in [4.69, 9.17) is 8.94 Å². The van der Waals surface area contributed by atoms with Crippen LogP contribution >= 0.6 is 11.3 Å². The van der Waals surface area contributed by atoms with E-state index in [9.17, 15) is 9.90 Å². The Bertz CT molecular complexity index is 752. The number of aryl methyl sites for hydroxylation is 2. The molecule has 0 fully saturated rings. The number of nitrogens with zero attached hydrogens (tertiary/aromatic N) is 1. The number of aromatic nitrogens is 1. The molecule has 3 aromatic heterocycles. The van der Waals surface area contributed by atoms with Crippen molar-refractivity contribution in [3.63, 3.8) is 0 Å². The molecule has 0 aromatic carbocycles. The number of furan rings is 1. The molecule has 0 aliphatic heterocycles. The zero-order valence-corrected chi connectivity index (χ0v) is 14.2. The van der Waals surface area contributed by atoms with E-state index in [1.54, 1.807) is 26.0 Å². The summed E-state index contributed by atoms with van der Waals surface area (Å²) in [6.45, 7) is 3.58. The molecule has 0 aliphatic rings. The second kappa shape index (κ2) is 6.62. The molecule has 0 saturated heterocycles. The molecule has 126 valence electrons. The van der Waals surface area contributed by atoms with Gasteiger partial charge in [-0.1, -0.05) is 5.16 Å². The topological polar surface area (TPSA) is 88.5 Å². The summed E-state index contributed by atoms with van der Waals surface area (Å²) in [7, 11) is 0. The summed E-state index contributed by atoms with van der Waals surface area (Å²) in [4.78, 5) is 12.3. The summed E-state index contributed by atoms with van der Waals surface area (Å²) in [6, 6.07) is 5.21. The van der Waals surface area contributed by atoms with Crippen molar-refractivity contribution in [2.24, 2.45) is 0 Å². The highest BCUT2D eigenvalue weighted by Gasteiger charge is 2.35. The standard InChI is InChI=1S/C17H18N2O4S/c1-11-14(12(2)23-19-11)8-16(20)18-10-17(21,13-5-7-24-9-13)15-4-3-6-22-15/h3-7,9,21H,8,10H2,1-2H3,(H,18,20)/t17-/m1/s1. The van der Waals surface area contributed by atoms with Crippen LogP contribution in [0.1, 0.15) is 28.3 Å². The summed E-state index contributed by atoms with van der Waals surface area (Å²) in [5, 5.41) is 21.4. The van der Waals surface area contributed by atoms with Crippen molar-refractivity contribution in [2.45, 2.75) is 25.9 Å². The van der Waals surface area contributed by atoms with Crippen LogP contribution in [0.5, 0.6) is 0 Å². The number of aliphatic hydroxyl groups is 1. The zero-order chi connectivity index (χ0) is 17.2. The van der Waals surface area contributed by atoms with Crippen LogP contribution in [0, 0.1) is 13.8 Å². The molecule has 7 heteroatoms. The summed E-state index contributed by atoms with van der Waals surface area (Å²) in [5.74, 6) is 0.796. The fourth-order valence-corrected chi connectivity index (χ4v) is 3.27. The highest BCUT2D eigenvalue weighted by molar-refractivity contribution is 7.08. The van der Waals surface area contributed by atoms with Gasteiger partial charge in [0, 0.05) is 11.1 Å². The number of thiophene rings is 1. The van der Waals surface area contributed by atoms with Crippen LogP contribution < -0.4 is 5.32 Å². The lowest BCUT2D eigenvalue weighted by molar-refractivity contribution is -0.121. The number of nitrogens with one attached hydrogen (secondary N) is 1. The van der Waals surface area contributed by atoms with Crippen molar-refractivity contribution in [3.8, 4) is 0 Å². The lowest BCUT2D eigenvalue weighted by Crippen LogP contribution is -2.41. The second-order valence-corrected chi connectivity index (χ2v) is 6.39. The molecule has 0 unspecified atom stereocenters. The fourth-order valence-electron chi connectivity index (χ4n) is 2.55. The Kier molecular flexibility index (Phi) is 4.55. The van der Waals surface area contributed by atoms with E-state index >= 15 is 0 Å². The Morgan fingerprint density at radius 1 is 1.42 bits per heavy atom. The third kappa shape index (κ3) is 3.13. The van der Waals surface area contributed by atoms with Crippen LogP contribution in [0.15, 0.2) is 44.2 Å². The molecule has 24 heavy (non-hydrogen) atoms. The van der Waals surface area contributed by atoms with Crippen molar-refractivity contribution in [2.75, 3.05) is 6.54 Å². The highest BCUT2D eigenvalue weighted by Crippen LogP contribution is 2.31. The molecule has 2 N–H and O–H groups in total. The number of rotatable bonds is 6. The van der Waals surface area contributed by atoms with Crippen molar-refractivity contribution < 1.29 is 18.8 Å². The van der Waals surface area contributed by atoms with Crippen LogP contribution in [0.3, 0.4) is 0 Å². The predicted molar refractivity (Wildman–Crippen MR) is 88.7 cm³/mol. The average Bonchev–Trinajstić information content (AvgIpc) is 3.31. The van der Waals surface area contributed by atoms with Crippen molar-refractivity contribution in [1.29, 1.82) is 0 Å². The summed E-state index contributed by atoms with van der Waals surface area (Å²) in [5.41, 5.74) is 0.740. The molecule has 1 amide bonds. The Morgan fingerprint density at radius 3 is 2.83 bits per heavy atom. The van der Waals surface area contributed by atoms with Gasteiger partial charge in [-0.15, -0.1) is 0 Å². The molecule has 3 aromatic rings. The Morgan fingerprint density at radius 2 is 2.25 bits per heavy atom. The molecule has 0 aliphatic carbocycles. The van der Waals surface area contributed by atoms with E-state index in [0.717, 1.165) is 5.56 Å². The van der Waals surface area contributed by atoms with Gasteiger partial charge < -0.3 is 19.4 Å². The first-order valence-corrected chi connectivity index (χ1v) is 8.42. The van der Waals surface area contributed by atoms with Crippen LogP contribution in [0.25, 0.3) is 0 Å². The molecule has 0 radical (unpaired) electrons. The quantitative estimate of drug-likeness (QED) is 0.716. The molecule has 3 heterocycles. The van der Waals surface area contributed by atoms with E-state index in [1.165, 1.54) is 17.6 Å². The largest absolute Gasteiger partial charge is 0.466 e. The predicted octanol–water partition coefficient (Wildman–Crippen LogP) is 2.54. The maximum absolute atomic E-state index is 12.3. The normalized spacial score (nSPS) is 13.6. The molecule has 3 rings (SSSR count). The van der Waals surface area contributed by atoms with Crippen molar-refractivity contribution in [1.82, 2.24) is 10.5 Å². The van der Waals surface area contributed by atoms with Crippen LogP contribution in [0.4, 0.5) is 0 Å². The minimum atomic E-state index is -1.40. The summed E-state index contributed by atoms with van der Waals surface area (Å²) < 4.78 is 10.4. The van der Waals surface area contributed by atoms with E-state index in [-0.39, 0.29) is 18.9 Å². The zero-order valence-electron chi connectivity index (χ0n) is 13.4. The minimum Gasteiger partial charge on any atom is -0.466 e. The number of hydrogen-bond donors (Lipinski definition) is 2. The van der Waals surface area contributed by atoms with E-state index in [0.29, 0.717) is 22.8 Å². The Hall–Kier alpha value is -2.38. The molecule has 0 bridgehead atoms. The number of amides is 1. The van der Waals surface area contributed by atoms with Crippen LogP contribution in [-0.2, 0) is 16.8 Å².